The number of sulfone groups is 1. The summed E-state index contributed by atoms with van der Waals surface area (Å²) in [7, 11) is -1.44. The smallest absolute Gasteiger partial charge is 0.416 e. The number of hydrogen-bond acceptors (Lipinski definition) is 7. The van der Waals surface area contributed by atoms with Crippen LogP contribution in [0.2, 0.25) is 0 Å². The Morgan fingerprint density at radius 3 is 2.54 bits per heavy atom. The minimum atomic E-state index is -4.67. The monoisotopic (exact) mass is 518 g/mol. The summed E-state index contributed by atoms with van der Waals surface area (Å²) in [6.07, 6.45) is -5.35. The number of methoxy groups -OCH3 is 2. The molecule has 1 aliphatic rings. The van der Waals surface area contributed by atoms with E-state index in [0.717, 1.165) is 12.1 Å². The van der Waals surface area contributed by atoms with E-state index in [9.17, 15) is 26.4 Å². The van der Waals surface area contributed by atoms with Gasteiger partial charge in [-0.2, -0.15) is 18.3 Å². The fraction of sp³-hybridized carbons (Fsp3) is 0.565. The van der Waals surface area contributed by atoms with Crippen molar-refractivity contribution in [3.05, 3.63) is 47.3 Å². The van der Waals surface area contributed by atoms with Crippen molar-refractivity contribution >= 4 is 15.8 Å². The molecular formula is C23H29F3N2O6S. The zero-order valence-electron chi connectivity index (χ0n) is 20.2. The van der Waals surface area contributed by atoms with Crippen molar-refractivity contribution in [1.29, 1.82) is 0 Å². The molecule has 12 heteroatoms. The predicted molar refractivity (Wildman–Crippen MR) is 119 cm³/mol. The molecule has 35 heavy (non-hydrogen) atoms. The van der Waals surface area contributed by atoms with Gasteiger partial charge in [-0.1, -0.05) is 6.07 Å². The lowest BCUT2D eigenvalue weighted by atomic mass is 9.88. The molecule has 1 aliphatic heterocycles. The van der Waals surface area contributed by atoms with E-state index in [-0.39, 0.29) is 26.2 Å². The van der Waals surface area contributed by atoms with Gasteiger partial charge in [0, 0.05) is 13.7 Å². The molecule has 2 heterocycles. The van der Waals surface area contributed by atoms with Crippen LogP contribution in [0.5, 0.6) is 0 Å². The Hall–Kier alpha value is -2.44. The molecule has 2 unspecified atom stereocenters. The van der Waals surface area contributed by atoms with Crippen molar-refractivity contribution in [2.45, 2.75) is 67.7 Å². The first-order valence-corrected chi connectivity index (χ1v) is 12.3. The average molecular weight is 519 g/mol. The molecule has 0 radical (unpaired) electrons. The number of hydrogen-bond donors (Lipinski definition) is 0. The second-order valence-corrected chi connectivity index (χ2v) is 11.7. The maximum atomic E-state index is 13.5. The van der Waals surface area contributed by atoms with Gasteiger partial charge in [0.2, 0.25) is 0 Å². The van der Waals surface area contributed by atoms with Crippen molar-refractivity contribution in [1.82, 2.24) is 9.78 Å². The van der Waals surface area contributed by atoms with Crippen molar-refractivity contribution < 1.29 is 40.6 Å². The van der Waals surface area contributed by atoms with E-state index in [1.807, 2.05) is 0 Å². The lowest BCUT2D eigenvalue weighted by molar-refractivity contribution is -0.146. The molecule has 0 saturated carbocycles. The van der Waals surface area contributed by atoms with Gasteiger partial charge in [0.25, 0.3) is 0 Å². The maximum Gasteiger partial charge on any atom is 0.416 e. The lowest BCUT2D eigenvalue weighted by Gasteiger charge is -2.37. The molecule has 3 rings (SSSR count). The van der Waals surface area contributed by atoms with Crippen molar-refractivity contribution in [2.24, 2.45) is 0 Å². The second-order valence-electron chi connectivity index (χ2n) is 9.28. The standard InChI is InChI=1S/C23H29F3N2O6S/c1-21(2,20(29)33-5)19-12-17(28(27-19)14-32-4)18-13-22(3,9-10-34-18)35(30,31)16-8-6-7-15(11-16)23(24,25)26/h6-8,11-12,18H,9-10,13-14H2,1-5H3. The largest absolute Gasteiger partial charge is 0.468 e. The second kappa shape index (κ2) is 9.55. The van der Waals surface area contributed by atoms with Gasteiger partial charge >= 0.3 is 12.1 Å². The zero-order chi connectivity index (χ0) is 26.2. The van der Waals surface area contributed by atoms with Crippen LogP contribution >= 0.6 is 0 Å². The van der Waals surface area contributed by atoms with Crippen LogP contribution in [-0.2, 0) is 47.2 Å². The number of nitrogens with zero attached hydrogens (tertiary/aromatic N) is 2. The van der Waals surface area contributed by atoms with Gasteiger partial charge in [-0.15, -0.1) is 0 Å². The minimum absolute atomic E-state index is 0.0174. The number of benzene rings is 1. The Labute approximate surface area is 202 Å². The summed E-state index contributed by atoms with van der Waals surface area (Å²) in [5.74, 6) is -0.507. The van der Waals surface area contributed by atoms with E-state index in [1.165, 1.54) is 31.9 Å². The molecule has 8 nitrogen and oxygen atoms in total. The molecule has 1 fully saturated rings. The number of halogens is 3. The molecule has 2 atom stereocenters. The molecule has 0 spiro atoms. The van der Waals surface area contributed by atoms with E-state index < -0.39 is 48.7 Å². The van der Waals surface area contributed by atoms with Crippen LogP contribution in [0.1, 0.15) is 56.7 Å². The molecular weight excluding hydrogens is 489 g/mol. The molecule has 0 bridgehead atoms. The minimum Gasteiger partial charge on any atom is -0.468 e. The molecule has 2 aromatic rings. The molecule has 0 amide bonds. The molecule has 1 aromatic heterocycles. The summed E-state index contributed by atoms with van der Waals surface area (Å²) in [6, 6.07) is 5.40. The summed E-state index contributed by atoms with van der Waals surface area (Å²) in [6.45, 7) is 4.88. The van der Waals surface area contributed by atoms with Gasteiger partial charge in [0.1, 0.15) is 18.2 Å². The van der Waals surface area contributed by atoms with E-state index in [1.54, 1.807) is 19.9 Å². The zero-order valence-corrected chi connectivity index (χ0v) is 21.0. The predicted octanol–water partition coefficient (Wildman–Crippen LogP) is 4.04. The van der Waals surface area contributed by atoms with Gasteiger partial charge < -0.3 is 14.2 Å². The third-order valence-corrected chi connectivity index (χ3v) is 8.96. The Morgan fingerprint density at radius 2 is 1.94 bits per heavy atom. The van der Waals surface area contributed by atoms with Gasteiger partial charge in [-0.25, -0.2) is 13.1 Å². The highest BCUT2D eigenvalue weighted by atomic mass is 32.2. The molecule has 0 N–H and O–H groups in total. The fourth-order valence-corrected chi connectivity index (χ4v) is 5.94. The summed E-state index contributed by atoms with van der Waals surface area (Å²) in [5, 5.41) is 4.46. The lowest BCUT2D eigenvalue weighted by Crippen LogP contribution is -2.42. The van der Waals surface area contributed by atoms with Gasteiger partial charge in [0.05, 0.1) is 33.7 Å². The van der Waals surface area contributed by atoms with Crippen LogP contribution < -0.4 is 0 Å². The number of rotatable bonds is 7. The van der Waals surface area contributed by atoms with Crippen LogP contribution in [0.15, 0.2) is 35.2 Å². The Bertz CT molecular complexity index is 1190. The summed E-state index contributed by atoms with van der Waals surface area (Å²) < 4.78 is 82.7. The molecule has 0 aliphatic carbocycles. The van der Waals surface area contributed by atoms with Crippen LogP contribution in [0.25, 0.3) is 0 Å². The SMILES string of the molecule is COCn1nc(C(C)(C)C(=O)OC)cc1C1CC(C)(S(=O)(=O)c2cccc(C(F)(F)F)c2)CCO1. The highest BCUT2D eigenvalue weighted by Crippen LogP contribution is 2.43. The third-order valence-electron chi connectivity index (χ3n) is 6.42. The summed E-state index contributed by atoms with van der Waals surface area (Å²) in [5.41, 5.74) is -1.25. The van der Waals surface area contributed by atoms with Crippen molar-refractivity contribution in [3.8, 4) is 0 Å². The Balaban J connectivity index is 2.00. The Kier molecular flexibility index (Phi) is 7.41. The van der Waals surface area contributed by atoms with E-state index >= 15 is 0 Å². The number of aromatic nitrogens is 2. The van der Waals surface area contributed by atoms with Crippen LogP contribution in [0.4, 0.5) is 13.2 Å². The number of alkyl halides is 3. The Morgan fingerprint density at radius 1 is 1.26 bits per heavy atom. The van der Waals surface area contributed by atoms with Crippen molar-refractivity contribution in [2.75, 3.05) is 20.8 Å². The van der Waals surface area contributed by atoms with Gasteiger partial charge in [0.15, 0.2) is 9.84 Å². The summed E-state index contributed by atoms with van der Waals surface area (Å²) in [4.78, 5) is 11.9. The summed E-state index contributed by atoms with van der Waals surface area (Å²) >= 11 is 0. The van der Waals surface area contributed by atoms with Crippen molar-refractivity contribution in [3.63, 3.8) is 0 Å². The fourth-order valence-electron chi connectivity index (χ4n) is 4.11. The first-order valence-electron chi connectivity index (χ1n) is 10.9. The first-order chi connectivity index (χ1) is 16.2. The topological polar surface area (TPSA) is 96.7 Å². The van der Waals surface area contributed by atoms with E-state index in [4.69, 9.17) is 14.2 Å². The van der Waals surface area contributed by atoms with Crippen LogP contribution in [0, 0.1) is 0 Å². The first kappa shape index (κ1) is 27.2. The number of carbonyl (C=O) groups is 1. The number of esters is 1. The molecule has 1 saturated heterocycles. The molecule has 1 aromatic carbocycles. The van der Waals surface area contributed by atoms with E-state index in [0.29, 0.717) is 17.5 Å². The van der Waals surface area contributed by atoms with Crippen LogP contribution in [0.3, 0.4) is 0 Å². The van der Waals surface area contributed by atoms with Gasteiger partial charge in [-0.3, -0.25) is 4.79 Å². The maximum absolute atomic E-state index is 13.5. The highest BCUT2D eigenvalue weighted by molar-refractivity contribution is 7.92. The normalized spacial score (nSPS) is 21.7. The van der Waals surface area contributed by atoms with Gasteiger partial charge in [-0.05, 0) is 57.9 Å². The highest BCUT2D eigenvalue weighted by Gasteiger charge is 2.47. The average Bonchev–Trinajstić information content (AvgIpc) is 3.23. The van der Waals surface area contributed by atoms with Crippen LogP contribution in [-0.4, -0.2) is 49.7 Å². The number of ether oxygens (including phenoxy) is 3. The number of carbonyl (C=O) groups excluding carboxylic acids is 1. The van der Waals surface area contributed by atoms with E-state index in [2.05, 4.69) is 5.10 Å². The quantitative estimate of drug-likeness (QED) is 0.511. The molecule has 194 valence electrons. The third kappa shape index (κ3) is 5.10.